The Morgan fingerprint density at radius 1 is 0.289 bits per heavy atom. The second-order valence-corrected chi connectivity index (χ2v) is 35.4. The Labute approximate surface area is 581 Å². The van der Waals surface area contributed by atoms with Gasteiger partial charge in [-0.2, -0.15) is 0 Å². The fourth-order valence-electron chi connectivity index (χ4n) is 15.6. The lowest BCUT2D eigenvalue weighted by atomic mass is 10.0. The Hall–Kier alpha value is -9.14. The van der Waals surface area contributed by atoms with E-state index in [1.54, 1.807) is 23.5 Å². The van der Waals surface area contributed by atoms with Crippen molar-refractivity contribution in [3.8, 4) is 89.6 Å². The van der Waals surface area contributed by atoms with E-state index < -0.39 is 15.8 Å². The van der Waals surface area contributed by atoms with Gasteiger partial charge >= 0.3 is 39.3 Å². The van der Waals surface area contributed by atoms with Crippen molar-refractivity contribution in [2.45, 2.75) is 100 Å². The molecular weight excluding hydrogens is 1320 g/mol. The Balaban J connectivity index is 0.000000141. The van der Waals surface area contributed by atoms with Crippen LogP contribution in [0.25, 0.3) is 143 Å². The molecule has 0 fully saturated rings. The van der Waals surface area contributed by atoms with Crippen molar-refractivity contribution in [3.05, 3.63) is 206 Å². The number of hydrogen-bond acceptors (Lipinski definition) is 12. The minimum absolute atomic E-state index is 0.292. The summed E-state index contributed by atoms with van der Waals surface area (Å²) in [6, 6.07) is 73.1. The number of ether oxygens (including phenoxy) is 2. The van der Waals surface area contributed by atoms with Crippen LogP contribution in [-0.2, 0) is 25.5 Å². The first-order valence-electron chi connectivity index (χ1n) is 32.4. The lowest BCUT2D eigenvalue weighted by Gasteiger charge is -2.27. The molecule has 0 saturated heterocycles. The largest absolute Gasteiger partial charge is 0.477 e. The Bertz CT molecular complexity index is 5850. The molecule has 0 bridgehead atoms. The van der Waals surface area contributed by atoms with Crippen LogP contribution in [0.15, 0.2) is 244 Å². The topological polar surface area (TPSA) is 94.3 Å². The van der Waals surface area contributed by atoms with Crippen LogP contribution in [0, 0.1) is 0 Å². The van der Waals surface area contributed by atoms with Gasteiger partial charge < -0.3 is 27.1 Å². The van der Waals surface area contributed by atoms with Gasteiger partial charge in [0, 0.05) is 111 Å². The normalized spacial score (nSPS) is 16.9. The number of thiazole rings is 2. The lowest BCUT2D eigenvalue weighted by Crippen LogP contribution is -2.72. The molecule has 22 rings (SSSR count). The number of fused-ring (bicyclic) bond motifs is 32. The number of aromatic nitrogens is 6. The van der Waals surface area contributed by atoms with Crippen LogP contribution >= 0.6 is 69.7 Å². The van der Waals surface area contributed by atoms with Crippen LogP contribution in [0.5, 0.6) is 11.5 Å². The van der Waals surface area contributed by atoms with Gasteiger partial charge in [0.2, 0.25) is 43.1 Å². The summed E-state index contributed by atoms with van der Waals surface area (Å²) in [5.74, 6) is 5.15. The zero-order valence-electron chi connectivity index (χ0n) is 53.7. The molecule has 1 spiro atoms. The quantitative estimate of drug-likeness (QED) is 0.148. The third-order valence-corrected chi connectivity index (χ3v) is 27.3. The molecule has 97 heavy (non-hydrogen) atoms. The molecule has 0 N–H and O–H groups in total. The van der Waals surface area contributed by atoms with Crippen molar-refractivity contribution < 1.29 is 54.5 Å². The molecule has 470 valence electrons. The number of hydrogen-bond donors (Lipinski definition) is 0. The van der Waals surface area contributed by atoms with Gasteiger partial charge in [0.25, 0.3) is 32.1 Å². The van der Waals surface area contributed by atoms with Crippen molar-refractivity contribution in [2.75, 3.05) is 0 Å². The molecule has 18 heteroatoms. The smallest absolute Gasteiger partial charge is 0.431 e. The van der Waals surface area contributed by atoms with E-state index >= 15 is 0 Å². The zero-order chi connectivity index (χ0) is 65.0. The van der Waals surface area contributed by atoms with Crippen LogP contribution in [-0.4, -0.2) is 0 Å². The third kappa shape index (κ3) is 7.93. The fraction of sp³-hybridized carbons (Fsp3) is 0.165. The first kappa shape index (κ1) is 57.0. The minimum Gasteiger partial charge on any atom is -0.431 e. The van der Waals surface area contributed by atoms with E-state index in [9.17, 15) is 0 Å². The second-order valence-electron chi connectivity index (χ2n) is 27.3. The van der Waals surface area contributed by atoms with Gasteiger partial charge in [-0.15, -0.1) is 18.3 Å². The summed E-state index contributed by atoms with van der Waals surface area (Å²) in [7, 11) is 0. The maximum absolute atomic E-state index is 7.13. The van der Waals surface area contributed by atoms with E-state index in [0.29, 0.717) is 0 Å². The summed E-state index contributed by atoms with van der Waals surface area (Å²) in [6.07, 6.45) is 0. The number of para-hydroxylation sites is 2. The highest BCUT2D eigenvalue weighted by molar-refractivity contribution is 8.16. The Morgan fingerprint density at radius 2 is 0.598 bits per heavy atom. The molecule has 10 aromatic carbocycles. The van der Waals surface area contributed by atoms with E-state index in [0.717, 1.165) is 123 Å². The van der Waals surface area contributed by atoms with Gasteiger partial charge in [-0.3, -0.25) is 0 Å². The van der Waals surface area contributed by atoms with Crippen molar-refractivity contribution in [2.24, 2.45) is 0 Å². The summed E-state index contributed by atoms with van der Waals surface area (Å²) < 4.78 is 56.7. The molecular formula is C79H58N6O6S6+6. The van der Waals surface area contributed by atoms with Gasteiger partial charge in [-0.05, 0) is 132 Å². The lowest BCUT2D eigenvalue weighted by molar-refractivity contribution is -0.907. The van der Waals surface area contributed by atoms with E-state index in [2.05, 4.69) is 277 Å². The SMILES string of the molecule is CC1(C)Oc2ccccc2-c2sc3cc(-c4ccc5c(c4)sc4[n+]5C(C)(C)Oc5ccccc5-4)ccc3[n+]21.CC1(C)Sc2ccccc2-c2oc3cc4c(cc3[n+]21)oc1[n+]4C2(Sc3ccccc3-1)Sc1ccccc1-c1oc3cc4c(cc3[n+]12)oc1[n+]4C(C)(C)Sc2ccccc2-1. The predicted octanol–water partition coefficient (Wildman–Crippen LogP) is 19.3. The van der Waals surface area contributed by atoms with Gasteiger partial charge in [-0.1, -0.05) is 105 Å². The van der Waals surface area contributed by atoms with E-state index in [1.807, 2.05) is 58.3 Å². The van der Waals surface area contributed by atoms with Crippen molar-refractivity contribution in [1.29, 1.82) is 0 Å². The van der Waals surface area contributed by atoms with Crippen LogP contribution in [0.2, 0.25) is 0 Å². The molecule has 0 aliphatic carbocycles. The molecule has 6 aromatic heterocycles. The second kappa shape index (κ2) is 19.6. The van der Waals surface area contributed by atoms with Crippen LogP contribution in [0.1, 0.15) is 55.4 Å². The highest BCUT2D eigenvalue weighted by Crippen LogP contribution is 2.58. The molecule has 16 aromatic rings. The molecule has 0 amide bonds. The highest BCUT2D eigenvalue weighted by Gasteiger charge is 2.67. The van der Waals surface area contributed by atoms with Gasteiger partial charge in [-0.25, -0.2) is 0 Å². The van der Waals surface area contributed by atoms with E-state index in [-0.39, 0.29) is 9.74 Å². The summed E-state index contributed by atoms with van der Waals surface area (Å²) in [5, 5.41) is 2.48. The number of rotatable bonds is 1. The number of thioether (sulfide) groups is 4. The molecule has 0 atom stereocenters. The van der Waals surface area contributed by atoms with Crippen molar-refractivity contribution in [3.63, 3.8) is 0 Å². The predicted molar refractivity (Wildman–Crippen MR) is 384 cm³/mol. The van der Waals surface area contributed by atoms with Crippen LogP contribution < -0.4 is 36.9 Å². The molecule has 0 radical (unpaired) electrons. The van der Waals surface area contributed by atoms with Crippen molar-refractivity contribution >= 4 is 135 Å². The molecule has 12 heterocycles. The first-order chi connectivity index (χ1) is 47.0. The van der Waals surface area contributed by atoms with Gasteiger partial charge in [0.05, 0.1) is 35.4 Å². The van der Waals surface area contributed by atoms with Gasteiger partial charge in [0.1, 0.15) is 43.2 Å². The van der Waals surface area contributed by atoms with Crippen LogP contribution in [0.3, 0.4) is 0 Å². The number of benzene rings is 10. The number of oxazole rings is 4. The third-order valence-electron chi connectivity index (χ3n) is 19.6. The van der Waals surface area contributed by atoms with E-state index in [1.165, 1.54) is 51.4 Å². The van der Waals surface area contributed by atoms with E-state index in [4.69, 9.17) is 27.1 Å². The van der Waals surface area contributed by atoms with Crippen molar-refractivity contribution in [1.82, 2.24) is 0 Å². The maximum Gasteiger partial charge on any atom is 0.477 e. The molecule has 6 aliphatic heterocycles. The standard InChI is InChI=1S/C47H32N4O4S4.C32H26N2O2S2/c1-45(2)48-29-21-35-31(23-33(29)52-41(48)25-13-5-9-17-37(25)56-45)50-43(54-35)27-15-7-11-19-39(27)58-47(50)51-32-24-34-30(22-36(32)55-44(51)28-16-8-12-20-40(28)59-47)49-42(53-34)26-14-6-10-18-38(26)57-46(49,3)4;1-31(2)33-23-15-13-19(17-27(23)37-29(33)21-9-5-7-11-25(21)35-31)20-14-16-24-28(18-20)38-30-22-10-6-8-12-26(22)36-32(3,4)34(24)30/h5-24H,1-4H3;5-18H,1-4H3/q+4;+2. The Morgan fingerprint density at radius 3 is 0.969 bits per heavy atom. The minimum atomic E-state index is -0.854. The monoisotopic (exact) mass is 1380 g/mol. The first-order valence-corrected chi connectivity index (χ1v) is 37.3. The zero-order valence-corrected chi connectivity index (χ0v) is 58.6. The summed E-state index contributed by atoms with van der Waals surface area (Å²) in [6.45, 7) is 17.6. The average molecular weight is 1380 g/mol. The molecule has 0 saturated carbocycles. The van der Waals surface area contributed by atoms with Gasteiger partial charge in [0.15, 0.2) is 0 Å². The summed E-state index contributed by atoms with van der Waals surface area (Å²) >= 11 is 11.0. The molecule has 6 aliphatic rings. The maximum atomic E-state index is 7.13. The molecule has 0 unspecified atom stereocenters. The van der Waals surface area contributed by atoms with Crippen LogP contribution in [0.4, 0.5) is 0 Å². The number of nitrogens with zero attached hydrogens (tertiary/aromatic N) is 6. The highest BCUT2D eigenvalue weighted by atomic mass is 32.2. The molecule has 12 nitrogen and oxygen atoms in total. The fourth-order valence-corrected chi connectivity index (χ4v) is 23.9. The summed E-state index contributed by atoms with van der Waals surface area (Å²) in [4.78, 5) is 4.08. The summed E-state index contributed by atoms with van der Waals surface area (Å²) in [5.41, 5.74) is 17.5. The average Bonchev–Trinajstić information content (AvgIpc) is 1.56. The Kier molecular flexibility index (Phi) is 11.5.